The molecule has 0 saturated heterocycles. The van der Waals surface area contributed by atoms with Crippen molar-refractivity contribution in [1.29, 1.82) is 0 Å². The van der Waals surface area contributed by atoms with Crippen molar-refractivity contribution in [2.45, 2.75) is 6.42 Å². The Morgan fingerprint density at radius 2 is 1.90 bits per heavy atom. The van der Waals surface area contributed by atoms with Crippen LogP contribution in [0, 0.1) is 0 Å². The minimum absolute atomic E-state index is 0.0293. The number of rotatable bonds is 2. The molecule has 0 saturated carbocycles. The summed E-state index contributed by atoms with van der Waals surface area (Å²) < 4.78 is 0. The lowest BCUT2D eigenvalue weighted by atomic mass is 10.1. The van der Waals surface area contributed by atoms with Crippen molar-refractivity contribution < 1.29 is 10.2 Å². The van der Waals surface area contributed by atoms with Crippen LogP contribution in [-0.4, -0.2) is 6.61 Å². The Balaban J connectivity index is 2.81. The van der Waals surface area contributed by atoms with Crippen molar-refractivity contribution in [2.75, 3.05) is 6.61 Å². The zero-order chi connectivity index (χ0) is 7.40. The molecule has 1 aromatic rings. The molecule has 0 radical (unpaired) electrons. The van der Waals surface area contributed by atoms with Crippen LogP contribution in [0.1, 0.15) is 5.56 Å². The van der Waals surface area contributed by atoms with Crippen molar-refractivity contribution in [3.63, 3.8) is 0 Å². The van der Waals surface area contributed by atoms with Crippen LogP contribution < -0.4 is 10.2 Å². The molecule has 0 aliphatic heterocycles. The largest absolute Gasteiger partial charge is 0.872 e. The summed E-state index contributed by atoms with van der Waals surface area (Å²) in [5, 5.41) is 21.0. The molecule has 0 fully saturated rings. The van der Waals surface area contributed by atoms with Crippen LogP contribution in [0.5, 0.6) is 5.75 Å². The van der Waals surface area contributed by atoms with Crippen molar-refractivity contribution in [3.8, 4) is 5.75 Å². The monoisotopic (exact) mass is 136 g/mol. The van der Waals surface area contributed by atoms with E-state index in [0.29, 0.717) is 12.0 Å². The Morgan fingerprint density at radius 3 is 2.50 bits per heavy atom. The van der Waals surface area contributed by atoms with Crippen LogP contribution in [-0.2, 0) is 6.42 Å². The standard InChI is InChI=1S/C8H9O2/c9-6-5-7-3-1-2-4-8(7)10/h1-4,10H,5-6H2/q-1/p-1. The molecule has 1 aromatic carbocycles. The lowest BCUT2D eigenvalue weighted by molar-refractivity contribution is -0.367. The Morgan fingerprint density at radius 1 is 1.20 bits per heavy atom. The van der Waals surface area contributed by atoms with Crippen molar-refractivity contribution in [3.05, 3.63) is 29.8 Å². The third kappa shape index (κ3) is 1.48. The van der Waals surface area contributed by atoms with Gasteiger partial charge in [-0.15, -0.1) is 12.4 Å². The molecule has 54 valence electrons. The maximum Gasteiger partial charge on any atom is -0.0439 e. The van der Waals surface area contributed by atoms with Gasteiger partial charge in [-0.05, 0) is 6.42 Å². The molecule has 0 bridgehead atoms. The maximum absolute atomic E-state index is 10.9. The van der Waals surface area contributed by atoms with E-state index in [1.807, 2.05) is 0 Å². The molecule has 0 heterocycles. The minimum atomic E-state index is -0.209. The number of hydrogen-bond donors (Lipinski definition) is 0. The summed E-state index contributed by atoms with van der Waals surface area (Å²) in [5.41, 5.74) is 0.623. The second-order valence-corrected chi connectivity index (χ2v) is 2.06. The lowest BCUT2D eigenvalue weighted by Gasteiger charge is -2.13. The Bertz CT molecular complexity index is 208. The predicted octanol–water partition coefficient (Wildman–Crippen LogP) is -0.337. The summed E-state index contributed by atoms with van der Waals surface area (Å²) >= 11 is 0. The molecule has 0 unspecified atom stereocenters. The van der Waals surface area contributed by atoms with Gasteiger partial charge in [-0.2, -0.15) is 0 Å². The van der Waals surface area contributed by atoms with Gasteiger partial charge in [0.2, 0.25) is 0 Å². The van der Waals surface area contributed by atoms with E-state index in [2.05, 4.69) is 0 Å². The van der Waals surface area contributed by atoms with Gasteiger partial charge in [0.1, 0.15) is 0 Å². The molecule has 0 aliphatic carbocycles. The fourth-order valence-corrected chi connectivity index (χ4v) is 0.820. The van der Waals surface area contributed by atoms with Gasteiger partial charge in [0.15, 0.2) is 0 Å². The van der Waals surface area contributed by atoms with E-state index in [0.717, 1.165) is 0 Å². The fraction of sp³-hybridized carbons (Fsp3) is 0.250. The summed E-state index contributed by atoms with van der Waals surface area (Å²) in [7, 11) is 0. The van der Waals surface area contributed by atoms with Gasteiger partial charge in [0.05, 0.1) is 0 Å². The highest BCUT2D eigenvalue weighted by Gasteiger charge is 1.86. The van der Waals surface area contributed by atoms with Crippen LogP contribution in [0.3, 0.4) is 0 Å². The molecule has 1 rings (SSSR count). The Kier molecular flexibility index (Phi) is 2.29. The molecule has 0 aromatic heterocycles. The first-order valence-corrected chi connectivity index (χ1v) is 3.17. The van der Waals surface area contributed by atoms with Crippen LogP contribution in [0.25, 0.3) is 0 Å². The van der Waals surface area contributed by atoms with Crippen molar-refractivity contribution >= 4 is 0 Å². The summed E-state index contributed by atoms with van der Waals surface area (Å²) in [6.07, 6.45) is 0.347. The summed E-state index contributed by atoms with van der Waals surface area (Å²) in [6, 6.07) is 6.62. The van der Waals surface area contributed by atoms with E-state index in [4.69, 9.17) is 0 Å². The summed E-state index contributed by atoms with van der Waals surface area (Å²) in [6.45, 7) is -0.209. The average Bonchev–Trinajstić information content (AvgIpc) is 1.94. The van der Waals surface area contributed by atoms with Crippen molar-refractivity contribution in [2.24, 2.45) is 0 Å². The number of hydrogen-bond acceptors (Lipinski definition) is 2. The SMILES string of the molecule is [O-]CCc1ccccc1[O-]. The normalized spacial score (nSPS) is 9.70. The molecule has 0 aliphatic rings. The third-order valence-corrected chi connectivity index (χ3v) is 1.34. The Labute approximate surface area is 59.7 Å². The van der Waals surface area contributed by atoms with Gasteiger partial charge in [0, 0.05) is 0 Å². The second kappa shape index (κ2) is 3.22. The van der Waals surface area contributed by atoms with Crippen LogP contribution in [0.2, 0.25) is 0 Å². The van der Waals surface area contributed by atoms with Crippen LogP contribution >= 0.6 is 0 Å². The minimum Gasteiger partial charge on any atom is -0.872 e. The maximum atomic E-state index is 10.9. The van der Waals surface area contributed by atoms with Gasteiger partial charge in [-0.1, -0.05) is 29.8 Å². The summed E-state index contributed by atoms with van der Waals surface area (Å²) in [5.74, 6) is -0.0293. The van der Waals surface area contributed by atoms with E-state index in [-0.39, 0.29) is 12.4 Å². The van der Waals surface area contributed by atoms with E-state index >= 15 is 0 Å². The first-order chi connectivity index (χ1) is 4.84. The average molecular weight is 136 g/mol. The van der Waals surface area contributed by atoms with Crippen molar-refractivity contribution in [1.82, 2.24) is 0 Å². The zero-order valence-electron chi connectivity index (χ0n) is 5.54. The van der Waals surface area contributed by atoms with Gasteiger partial charge >= 0.3 is 0 Å². The zero-order valence-corrected chi connectivity index (χ0v) is 5.54. The molecule has 10 heavy (non-hydrogen) atoms. The van der Waals surface area contributed by atoms with Gasteiger partial charge in [0.25, 0.3) is 0 Å². The number of para-hydroxylation sites is 1. The van der Waals surface area contributed by atoms with Crippen LogP contribution in [0.15, 0.2) is 24.3 Å². The molecule has 0 atom stereocenters. The topological polar surface area (TPSA) is 46.1 Å². The summed E-state index contributed by atoms with van der Waals surface area (Å²) in [4.78, 5) is 0. The molecular weight excluding hydrogens is 128 g/mol. The van der Waals surface area contributed by atoms with E-state index in [1.54, 1.807) is 18.2 Å². The molecule has 0 spiro atoms. The third-order valence-electron chi connectivity index (χ3n) is 1.34. The first-order valence-electron chi connectivity index (χ1n) is 3.17. The fourth-order valence-electron chi connectivity index (χ4n) is 0.820. The smallest absolute Gasteiger partial charge is 0.0439 e. The lowest BCUT2D eigenvalue weighted by Crippen LogP contribution is -2.09. The van der Waals surface area contributed by atoms with Crippen LogP contribution in [0.4, 0.5) is 0 Å². The molecule has 2 heteroatoms. The number of benzene rings is 1. The molecule has 2 nitrogen and oxygen atoms in total. The quantitative estimate of drug-likeness (QED) is 0.558. The van der Waals surface area contributed by atoms with Gasteiger partial charge in [-0.3, -0.25) is 0 Å². The second-order valence-electron chi connectivity index (χ2n) is 2.06. The highest BCUT2D eigenvalue weighted by Crippen LogP contribution is 2.11. The van der Waals surface area contributed by atoms with E-state index in [1.165, 1.54) is 6.07 Å². The van der Waals surface area contributed by atoms with E-state index < -0.39 is 0 Å². The highest BCUT2D eigenvalue weighted by atomic mass is 16.3. The molecular formula is C8H8O2-2. The van der Waals surface area contributed by atoms with Gasteiger partial charge < -0.3 is 10.2 Å². The highest BCUT2D eigenvalue weighted by molar-refractivity contribution is 5.30. The molecule has 0 amide bonds. The molecule has 0 N–H and O–H groups in total. The van der Waals surface area contributed by atoms with Gasteiger partial charge in [-0.25, -0.2) is 0 Å². The Hall–Kier alpha value is -1.02. The van der Waals surface area contributed by atoms with E-state index in [9.17, 15) is 10.2 Å². The first kappa shape index (κ1) is 7.09. The predicted molar refractivity (Wildman–Crippen MR) is 34.5 cm³/mol.